The molecule has 0 unspecified atom stereocenters. The van der Waals surface area contributed by atoms with Crippen molar-refractivity contribution in [2.24, 2.45) is 0 Å². The molecule has 0 amide bonds. The Morgan fingerprint density at radius 1 is 1.00 bits per heavy atom. The summed E-state index contributed by atoms with van der Waals surface area (Å²) in [6.07, 6.45) is 1.11. The van der Waals surface area contributed by atoms with Crippen LogP contribution >= 0.6 is 17.0 Å². The van der Waals surface area contributed by atoms with Crippen LogP contribution < -0.4 is 0 Å². The molecule has 0 heterocycles. The minimum absolute atomic E-state index is 0.826. The summed E-state index contributed by atoms with van der Waals surface area (Å²) in [5, 5.41) is 0. The predicted octanol–water partition coefficient (Wildman–Crippen LogP) is 5.25. The van der Waals surface area contributed by atoms with Gasteiger partial charge in [-0.1, -0.05) is 42.0 Å². The molecule has 2 aromatic rings. The summed E-state index contributed by atoms with van der Waals surface area (Å²) < 4.78 is 0. The van der Waals surface area contributed by atoms with E-state index in [1.165, 1.54) is 33.4 Å². The summed E-state index contributed by atoms with van der Waals surface area (Å²) in [4.78, 5) is 0. The van der Waals surface area contributed by atoms with Crippen LogP contribution in [0.3, 0.4) is 0 Å². The molecule has 92 valence electrons. The molecule has 3 heteroatoms. The Balaban J connectivity index is 0.000000367. The van der Waals surface area contributed by atoms with Gasteiger partial charge in [0.05, 0.1) is 0 Å². The van der Waals surface area contributed by atoms with Crippen molar-refractivity contribution in [2.75, 3.05) is 0 Å². The Morgan fingerprint density at radius 3 is 2.44 bits per heavy atom. The molecule has 0 spiro atoms. The molecule has 0 saturated carbocycles. The van der Waals surface area contributed by atoms with Gasteiger partial charge in [-0.05, 0) is 48.1 Å². The van der Waals surface area contributed by atoms with Crippen LogP contribution in [0.2, 0.25) is 0 Å². The van der Waals surface area contributed by atoms with Gasteiger partial charge in [0.1, 0.15) is 0 Å². The van der Waals surface area contributed by atoms with E-state index in [9.17, 15) is 0 Å². The average Bonchev–Trinajstić information content (AvgIpc) is 2.68. The predicted molar refractivity (Wildman–Crippen MR) is 75.9 cm³/mol. The van der Waals surface area contributed by atoms with Crippen molar-refractivity contribution in [1.82, 2.24) is 0 Å². The standard InChI is InChI=1S/C15H14.2ClH.Zr/c1-10-6-7-14-13(8-10)9-12-5-3-4-11(2)15(12)14;;;/h3-8H,9H2,1-2H3;2*1H;/q;;;+2/p-2. The third-order valence-electron chi connectivity index (χ3n) is 3.27. The molecule has 1 aliphatic rings. The Kier molecular flexibility index (Phi) is 5.07. The molecule has 0 nitrogen and oxygen atoms in total. The normalized spacial score (nSPS) is 11.1. The SMILES string of the molecule is Cc1ccc2c(c1)Cc1cccc(C)c1-2.[Cl][Zr][Cl]. The molecule has 1 aliphatic carbocycles. The average molecular weight is 356 g/mol. The van der Waals surface area contributed by atoms with E-state index >= 15 is 0 Å². The van der Waals surface area contributed by atoms with E-state index < -0.39 is 20.8 Å². The summed E-state index contributed by atoms with van der Waals surface area (Å²) in [7, 11) is 9.87. The van der Waals surface area contributed by atoms with Crippen LogP contribution in [0.5, 0.6) is 0 Å². The zero-order valence-electron chi connectivity index (χ0n) is 10.4. The van der Waals surface area contributed by atoms with Crippen molar-refractivity contribution in [3.63, 3.8) is 0 Å². The molecule has 2 aromatic carbocycles. The number of rotatable bonds is 0. The third kappa shape index (κ3) is 2.90. The van der Waals surface area contributed by atoms with Gasteiger partial charge in [0.15, 0.2) is 0 Å². The van der Waals surface area contributed by atoms with Gasteiger partial charge < -0.3 is 0 Å². The van der Waals surface area contributed by atoms with Crippen LogP contribution in [0.4, 0.5) is 0 Å². The molecule has 18 heavy (non-hydrogen) atoms. The number of halogens is 2. The fraction of sp³-hybridized carbons (Fsp3) is 0.200. The Hall–Kier alpha value is -0.0969. The second-order valence-electron chi connectivity index (χ2n) is 4.52. The van der Waals surface area contributed by atoms with Gasteiger partial charge in [-0.15, -0.1) is 0 Å². The van der Waals surface area contributed by atoms with Crippen molar-refractivity contribution < 1.29 is 20.8 Å². The van der Waals surface area contributed by atoms with E-state index in [4.69, 9.17) is 17.0 Å². The first kappa shape index (κ1) is 14.3. The summed E-state index contributed by atoms with van der Waals surface area (Å²) >= 11 is -0.826. The Morgan fingerprint density at radius 2 is 1.72 bits per heavy atom. The van der Waals surface area contributed by atoms with Gasteiger partial charge in [0, 0.05) is 0 Å². The summed E-state index contributed by atoms with van der Waals surface area (Å²) in [5.74, 6) is 0. The first-order valence-electron chi connectivity index (χ1n) is 5.82. The van der Waals surface area contributed by atoms with E-state index in [0.717, 1.165) is 6.42 Å². The van der Waals surface area contributed by atoms with Crippen LogP contribution in [-0.2, 0) is 27.3 Å². The number of hydrogen-bond acceptors (Lipinski definition) is 0. The van der Waals surface area contributed by atoms with Crippen LogP contribution in [0.25, 0.3) is 11.1 Å². The van der Waals surface area contributed by atoms with E-state index in [0.29, 0.717) is 0 Å². The van der Waals surface area contributed by atoms with Crippen molar-refractivity contribution in [3.05, 3.63) is 58.7 Å². The van der Waals surface area contributed by atoms with Gasteiger partial charge in [0.25, 0.3) is 0 Å². The summed E-state index contributed by atoms with van der Waals surface area (Å²) in [5.41, 5.74) is 8.63. The maximum absolute atomic E-state index is 4.93. The summed E-state index contributed by atoms with van der Waals surface area (Å²) in [6.45, 7) is 4.36. The van der Waals surface area contributed by atoms with Crippen molar-refractivity contribution in [1.29, 1.82) is 0 Å². The van der Waals surface area contributed by atoms with E-state index in [1.54, 1.807) is 0 Å². The zero-order chi connectivity index (χ0) is 13.1. The van der Waals surface area contributed by atoms with Crippen LogP contribution in [0, 0.1) is 13.8 Å². The van der Waals surface area contributed by atoms with Gasteiger partial charge >= 0.3 is 37.9 Å². The number of aryl methyl sites for hydroxylation is 2. The first-order valence-corrected chi connectivity index (χ1v) is 12.1. The third-order valence-corrected chi connectivity index (χ3v) is 3.27. The first-order chi connectivity index (χ1) is 8.67. The monoisotopic (exact) mass is 354 g/mol. The Bertz CT molecular complexity index is 564. The molecule has 0 fully saturated rings. The van der Waals surface area contributed by atoms with Crippen LogP contribution in [0.15, 0.2) is 36.4 Å². The molecule has 0 radical (unpaired) electrons. The zero-order valence-corrected chi connectivity index (χ0v) is 14.4. The van der Waals surface area contributed by atoms with Crippen LogP contribution in [-0.4, -0.2) is 0 Å². The van der Waals surface area contributed by atoms with Gasteiger partial charge in [-0.2, -0.15) is 0 Å². The van der Waals surface area contributed by atoms with E-state index in [2.05, 4.69) is 50.2 Å². The topological polar surface area (TPSA) is 0 Å². The molecule has 0 aliphatic heterocycles. The molecule has 0 aromatic heterocycles. The van der Waals surface area contributed by atoms with Gasteiger partial charge in [-0.3, -0.25) is 0 Å². The molecule has 3 rings (SSSR count). The second-order valence-corrected chi connectivity index (χ2v) is 8.25. The molecule has 0 atom stereocenters. The fourth-order valence-electron chi connectivity index (χ4n) is 2.58. The van der Waals surface area contributed by atoms with Crippen molar-refractivity contribution in [3.8, 4) is 11.1 Å². The van der Waals surface area contributed by atoms with Crippen LogP contribution in [0.1, 0.15) is 22.3 Å². The van der Waals surface area contributed by atoms with Crippen molar-refractivity contribution in [2.45, 2.75) is 20.3 Å². The molecule has 0 N–H and O–H groups in total. The molecular formula is C15H14Cl2Zr. The molecule has 0 bridgehead atoms. The van der Waals surface area contributed by atoms with Gasteiger partial charge in [0.2, 0.25) is 0 Å². The van der Waals surface area contributed by atoms with E-state index in [-0.39, 0.29) is 0 Å². The number of hydrogen-bond donors (Lipinski definition) is 0. The summed E-state index contributed by atoms with van der Waals surface area (Å²) in [6, 6.07) is 13.4. The maximum atomic E-state index is 4.93. The quantitative estimate of drug-likeness (QED) is 0.516. The fourth-order valence-corrected chi connectivity index (χ4v) is 2.58. The molecular weight excluding hydrogens is 342 g/mol. The molecule has 0 saturated heterocycles. The minimum atomic E-state index is -0.826. The second kappa shape index (κ2) is 6.37. The van der Waals surface area contributed by atoms with Gasteiger partial charge in [-0.25, -0.2) is 0 Å². The number of benzene rings is 2. The van der Waals surface area contributed by atoms with Crippen molar-refractivity contribution >= 4 is 17.0 Å². The van der Waals surface area contributed by atoms with E-state index in [1.807, 2.05) is 0 Å². The number of fused-ring (bicyclic) bond motifs is 3. The Labute approximate surface area is 127 Å².